The molecule has 2 aromatic rings. The van der Waals surface area contributed by atoms with E-state index in [0.717, 1.165) is 41.3 Å². The smallest absolute Gasteiger partial charge is 0.125 e. The number of thiazole rings is 1. The third-order valence-electron chi connectivity index (χ3n) is 6.26. The second-order valence-electron chi connectivity index (χ2n) is 7.60. The standard InChI is InChI=1S/C21H27BrN2OS/c1-25-21(17-5-3-2-4-6-17)11-13-24(14-12-21)19-15-23-20(26-19)16-7-9-18(22)10-8-16/h7-10,15,17H,2-6,11-14H2,1H3. The number of hydrogen-bond acceptors (Lipinski definition) is 4. The van der Waals surface area contributed by atoms with Crippen LogP contribution in [0.3, 0.4) is 0 Å². The minimum Gasteiger partial charge on any atom is -0.378 e. The maximum atomic E-state index is 6.14. The lowest BCUT2D eigenvalue weighted by Gasteiger charge is -2.47. The van der Waals surface area contributed by atoms with Gasteiger partial charge < -0.3 is 9.64 Å². The van der Waals surface area contributed by atoms with Gasteiger partial charge in [-0.1, -0.05) is 58.7 Å². The van der Waals surface area contributed by atoms with E-state index in [1.54, 1.807) is 11.3 Å². The molecular formula is C21H27BrN2OS. The molecule has 1 aliphatic heterocycles. The summed E-state index contributed by atoms with van der Waals surface area (Å²) < 4.78 is 7.25. The molecule has 0 spiro atoms. The van der Waals surface area contributed by atoms with Crippen molar-refractivity contribution in [3.63, 3.8) is 0 Å². The molecule has 3 nitrogen and oxygen atoms in total. The number of anilines is 1. The normalized spacial score (nSPS) is 21.1. The number of rotatable bonds is 4. The van der Waals surface area contributed by atoms with Gasteiger partial charge >= 0.3 is 0 Å². The van der Waals surface area contributed by atoms with Crippen LogP contribution in [0.25, 0.3) is 10.6 Å². The highest BCUT2D eigenvalue weighted by atomic mass is 79.9. The number of benzene rings is 1. The highest BCUT2D eigenvalue weighted by molar-refractivity contribution is 9.10. The van der Waals surface area contributed by atoms with Crippen molar-refractivity contribution in [2.75, 3.05) is 25.1 Å². The van der Waals surface area contributed by atoms with Gasteiger partial charge in [0.1, 0.15) is 10.0 Å². The second kappa shape index (κ2) is 7.99. The minimum absolute atomic E-state index is 0.107. The molecule has 4 rings (SSSR count). The van der Waals surface area contributed by atoms with Crippen molar-refractivity contribution in [3.8, 4) is 10.6 Å². The zero-order chi connectivity index (χ0) is 18.0. The van der Waals surface area contributed by atoms with Crippen LogP contribution in [0.2, 0.25) is 0 Å². The third kappa shape index (κ3) is 3.71. The summed E-state index contributed by atoms with van der Waals surface area (Å²) in [4.78, 5) is 7.17. The lowest BCUT2D eigenvalue weighted by molar-refractivity contribution is -0.0855. The summed E-state index contributed by atoms with van der Waals surface area (Å²) >= 11 is 5.30. The quantitative estimate of drug-likeness (QED) is 0.577. The molecule has 2 aliphatic rings. The minimum atomic E-state index is 0.107. The molecule has 1 aliphatic carbocycles. The van der Waals surface area contributed by atoms with Crippen molar-refractivity contribution in [2.45, 2.75) is 50.5 Å². The summed E-state index contributed by atoms with van der Waals surface area (Å²) in [5.41, 5.74) is 1.30. The fourth-order valence-corrected chi connectivity index (χ4v) is 5.89. The molecule has 26 heavy (non-hydrogen) atoms. The van der Waals surface area contributed by atoms with Gasteiger partial charge in [-0.25, -0.2) is 4.98 Å². The van der Waals surface area contributed by atoms with Gasteiger partial charge in [0.05, 0.1) is 11.8 Å². The number of halogens is 1. The van der Waals surface area contributed by atoms with E-state index in [0.29, 0.717) is 0 Å². The average molecular weight is 435 g/mol. The lowest BCUT2D eigenvalue weighted by Crippen LogP contribution is -2.50. The van der Waals surface area contributed by atoms with Crippen molar-refractivity contribution in [3.05, 3.63) is 34.9 Å². The first-order chi connectivity index (χ1) is 12.7. The van der Waals surface area contributed by atoms with Gasteiger partial charge in [-0.05, 0) is 43.7 Å². The van der Waals surface area contributed by atoms with Gasteiger partial charge in [-0.2, -0.15) is 0 Å². The Labute approximate surface area is 168 Å². The number of aromatic nitrogens is 1. The number of hydrogen-bond donors (Lipinski definition) is 0. The Morgan fingerprint density at radius 3 is 2.46 bits per heavy atom. The first kappa shape index (κ1) is 18.5. The van der Waals surface area contributed by atoms with E-state index in [4.69, 9.17) is 4.74 Å². The molecule has 2 fully saturated rings. The predicted molar refractivity (Wildman–Crippen MR) is 113 cm³/mol. The summed E-state index contributed by atoms with van der Waals surface area (Å²) in [6.45, 7) is 2.15. The van der Waals surface area contributed by atoms with E-state index < -0.39 is 0 Å². The van der Waals surface area contributed by atoms with Gasteiger partial charge in [0.2, 0.25) is 0 Å². The Hall–Kier alpha value is -0.910. The molecule has 0 radical (unpaired) electrons. The fraction of sp³-hybridized carbons (Fsp3) is 0.571. The first-order valence-corrected chi connectivity index (χ1v) is 11.3. The van der Waals surface area contributed by atoms with Gasteiger partial charge in [0, 0.05) is 30.2 Å². The Morgan fingerprint density at radius 2 is 1.81 bits per heavy atom. The Morgan fingerprint density at radius 1 is 1.12 bits per heavy atom. The van der Waals surface area contributed by atoms with Crippen LogP contribution >= 0.6 is 27.3 Å². The van der Waals surface area contributed by atoms with Gasteiger partial charge in [0.15, 0.2) is 0 Å². The molecule has 5 heteroatoms. The van der Waals surface area contributed by atoms with Crippen LogP contribution in [0.15, 0.2) is 34.9 Å². The van der Waals surface area contributed by atoms with E-state index in [2.05, 4.69) is 50.1 Å². The van der Waals surface area contributed by atoms with Crippen LogP contribution in [0.1, 0.15) is 44.9 Å². The molecule has 0 N–H and O–H groups in total. The zero-order valence-electron chi connectivity index (χ0n) is 15.4. The predicted octanol–water partition coefficient (Wildman–Crippen LogP) is 6.14. The molecule has 140 valence electrons. The van der Waals surface area contributed by atoms with E-state index >= 15 is 0 Å². The average Bonchev–Trinajstić information content (AvgIpc) is 3.19. The second-order valence-corrected chi connectivity index (χ2v) is 9.53. The van der Waals surface area contributed by atoms with Crippen molar-refractivity contribution in [2.24, 2.45) is 5.92 Å². The molecule has 0 unspecified atom stereocenters. The van der Waals surface area contributed by atoms with E-state index in [1.807, 2.05) is 13.3 Å². The molecule has 1 saturated heterocycles. The molecule has 0 amide bonds. The first-order valence-electron chi connectivity index (χ1n) is 9.72. The van der Waals surface area contributed by atoms with Crippen LogP contribution in [0.5, 0.6) is 0 Å². The third-order valence-corrected chi connectivity index (χ3v) is 7.90. The van der Waals surface area contributed by atoms with Crippen LogP contribution in [0, 0.1) is 5.92 Å². The molecule has 0 atom stereocenters. The fourth-order valence-electron chi connectivity index (χ4n) is 4.65. The Balaban J connectivity index is 1.44. The maximum Gasteiger partial charge on any atom is 0.125 e. The van der Waals surface area contributed by atoms with Crippen molar-refractivity contribution in [1.29, 1.82) is 0 Å². The van der Waals surface area contributed by atoms with Crippen molar-refractivity contribution >= 4 is 32.3 Å². The van der Waals surface area contributed by atoms with Crippen molar-refractivity contribution in [1.82, 2.24) is 4.98 Å². The van der Waals surface area contributed by atoms with E-state index in [1.165, 1.54) is 42.7 Å². The van der Waals surface area contributed by atoms with E-state index in [-0.39, 0.29) is 5.60 Å². The van der Waals surface area contributed by atoms with Gasteiger partial charge in [0.25, 0.3) is 0 Å². The molecular weight excluding hydrogens is 408 g/mol. The number of methoxy groups -OCH3 is 1. The van der Waals surface area contributed by atoms with Crippen LogP contribution in [-0.2, 0) is 4.74 Å². The lowest BCUT2D eigenvalue weighted by atomic mass is 9.72. The molecule has 1 aromatic heterocycles. The highest BCUT2D eigenvalue weighted by Crippen LogP contribution is 2.43. The summed E-state index contributed by atoms with van der Waals surface area (Å²) in [5.74, 6) is 0.753. The van der Waals surface area contributed by atoms with Crippen LogP contribution in [-0.4, -0.2) is 30.8 Å². The topological polar surface area (TPSA) is 25.4 Å². The number of piperidine rings is 1. The van der Waals surface area contributed by atoms with Crippen LogP contribution in [0.4, 0.5) is 5.00 Å². The summed E-state index contributed by atoms with van der Waals surface area (Å²) in [6.07, 6.45) is 11.2. The molecule has 1 saturated carbocycles. The van der Waals surface area contributed by atoms with E-state index in [9.17, 15) is 0 Å². The summed E-state index contributed by atoms with van der Waals surface area (Å²) in [5, 5.41) is 2.39. The van der Waals surface area contributed by atoms with Crippen molar-refractivity contribution < 1.29 is 4.74 Å². The summed E-state index contributed by atoms with van der Waals surface area (Å²) in [7, 11) is 1.93. The Kier molecular flexibility index (Phi) is 5.67. The molecule has 1 aromatic carbocycles. The van der Waals surface area contributed by atoms with Gasteiger partial charge in [-0.15, -0.1) is 0 Å². The molecule has 0 bridgehead atoms. The Bertz CT molecular complexity index is 716. The zero-order valence-corrected chi connectivity index (χ0v) is 17.8. The highest BCUT2D eigenvalue weighted by Gasteiger charge is 2.42. The summed E-state index contributed by atoms with van der Waals surface area (Å²) in [6, 6.07) is 8.41. The number of ether oxygens (including phenoxy) is 1. The SMILES string of the molecule is COC1(C2CCCCC2)CCN(c2cnc(-c3ccc(Br)cc3)s2)CC1. The number of nitrogens with zero attached hydrogens (tertiary/aromatic N) is 2. The van der Waals surface area contributed by atoms with Crippen LogP contribution < -0.4 is 4.90 Å². The maximum absolute atomic E-state index is 6.14. The largest absolute Gasteiger partial charge is 0.378 e. The monoisotopic (exact) mass is 434 g/mol. The molecule has 2 heterocycles. The van der Waals surface area contributed by atoms with Gasteiger partial charge in [-0.3, -0.25) is 0 Å².